The van der Waals surface area contributed by atoms with Crippen molar-refractivity contribution in [2.45, 2.75) is 64.3 Å². The maximum absolute atomic E-state index is 12.2. The molecule has 0 bridgehead atoms. The maximum atomic E-state index is 12.2. The van der Waals surface area contributed by atoms with E-state index < -0.39 is 0 Å². The highest BCUT2D eigenvalue weighted by Crippen LogP contribution is 2.38. The summed E-state index contributed by atoms with van der Waals surface area (Å²) in [5.41, 5.74) is 0.911. The van der Waals surface area contributed by atoms with Gasteiger partial charge in [-0.05, 0) is 43.7 Å². The van der Waals surface area contributed by atoms with Crippen molar-refractivity contribution in [2.75, 3.05) is 18.0 Å². The van der Waals surface area contributed by atoms with Gasteiger partial charge in [-0.2, -0.15) is 5.10 Å². The van der Waals surface area contributed by atoms with Crippen LogP contribution in [0, 0.1) is 5.92 Å². The van der Waals surface area contributed by atoms with E-state index in [0.717, 1.165) is 43.3 Å². The predicted octanol–water partition coefficient (Wildman–Crippen LogP) is 3.12. The molecule has 1 aliphatic carbocycles. The van der Waals surface area contributed by atoms with Crippen molar-refractivity contribution in [3.8, 4) is 0 Å². The average molecular weight is 367 g/mol. The fraction of sp³-hybridized carbons (Fsp3) is 0.619. The van der Waals surface area contributed by atoms with E-state index in [1.54, 1.807) is 10.7 Å². The molecule has 0 N–H and O–H groups in total. The first-order valence-electron chi connectivity index (χ1n) is 10.1. The molecule has 0 atom stereocenters. The van der Waals surface area contributed by atoms with Crippen LogP contribution < -0.4 is 10.5 Å². The minimum absolute atomic E-state index is 0.00435. The Morgan fingerprint density at radius 2 is 1.81 bits per heavy atom. The van der Waals surface area contributed by atoms with E-state index in [4.69, 9.17) is 4.98 Å². The van der Waals surface area contributed by atoms with Gasteiger partial charge in [-0.25, -0.2) is 14.6 Å². The molecule has 1 saturated carbocycles. The van der Waals surface area contributed by atoms with Crippen molar-refractivity contribution in [1.29, 1.82) is 0 Å². The number of hydrogen-bond donors (Lipinski definition) is 0. The largest absolute Gasteiger partial charge is 0.356 e. The van der Waals surface area contributed by atoms with Crippen LogP contribution in [0.2, 0.25) is 0 Å². The lowest BCUT2D eigenvalue weighted by molar-refractivity contribution is 0.329. The Hall–Kier alpha value is -2.24. The van der Waals surface area contributed by atoms with Gasteiger partial charge in [0.05, 0.1) is 5.69 Å². The van der Waals surface area contributed by atoms with Crippen molar-refractivity contribution in [2.24, 2.45) is 5.92 Å². The Labute approximate surface area is 160 Å². The zero-order valence-electron chi connectivity index (χ0n) is 16.6. The molecule has 0 radical (unpaired) electrons. The highest BCUT2D eigenvalue weighted by molar-refractivity contribution is 5.38. The quantitative estimate of drug-likeness (QED) is 0.831. The van der Waals surface area contributed by atoms with E-state index >= 15 is 0 Å². The Bertz CT molecular complexity index is 857. The van der Waals surface area contributed by atoms with E-state index in [0.29, 0.717) is 18.4 Å². The normalized spacial score (nSPS) is 18.7. The summed E-state index contributed by atoms with van der Waals surface area (Å²) in [4.78, 5) is 23.8. The Morgan fingerprint density at radius 1 is 1.07 bits per heavy atom. The number of aromatic nitrogens is 4. The van der Waals surface area contributed by atoms with Gasteiger partial charge >= 0.3 is 0 Å². The standard InChI is InChI=1S/C21H29N5O/c1-21(2,3)17-6-7-19(27)26(24-17)14-15-9-12-25(13-10-15)18-8-11-22-20(23-18)16-4-5-16/h6-8,11,15-16H,4-5,9-10,12-14H2,1-3H3. The number of rotatable bonds is 4. The second-order valence-electron chi connectivity index (χ2n) is 8.97. The molecule has 0 amide bonds. The summed E-state index contributed by atoms with van der Waals surface area (Å²) in [5, 5.41) is 4.62. The predicted molar refractivity (Wildman–Crippen MR) is 106 cm³/mol. The highest BCUT2D eigenvalue weighted by atomic mass is 16.1. The molecule has 2 aliphatic rings. The highest BCUT2D eigenvalue weighted by Gasteiger charge is 2.28. The molecular formula is C21H29N5O. The summed E-state index contributed by atoms with van der Waals surface area (Å²) in [6.45, 7) is 9.02. The topological polar surface area (TPSA) is 63.9 Å². The summed E-state index contributed by atoms with van der Waals surface area (Å²) in [6, 6.07) is 5.53. The van der Waals surface area contributed by atoms with Gasteiger partial charge in [0.25, 0.3) is 5.56 Å². The average Bonchev–Trinajstić information content (AvgIpc) is 3.49. The van der Waals surface area contributed by atoms with Crippen LogP contribution in [0.4, 0.5) is 5.82 Å². The van der Waals surface area contributed by atoms with Crippen molar-refractivity contribution in [3.05, 3.63) is 46.3 Å². The van der Waals surface area contributed by atoms with Gasteiger partial charge in [0, 0.05) is 43.2 Å². The smallest absolute Gasteiger partial charge is 0.266 e. The summed E-state index contributed by atoms with van der Waals surface area (Å²) in [6.07, 6.45) is 6.44. The number of hydrogen-bond acceptors (Lipinski definition) is 5. The van der Waals surface area contributed by atoms with Crippen molar-refractivity contribution in [3.63, 3.8) is 0 Å². The molecule has 2 fully saturated rings. The van der Waals surface area contributed by atoms with Crippen LogP contribution in [0.5, 0.6) is 0 Å². The fourth-order valence-corrected chi connectivity index (χ4v) is 3.65. The Morgan fingerprint density at radius 3 is 2.48 bits per heavy atom. The molecule has 2 aromatic heterocycles. The zero-order valence-corrected chi connectivity index (χ0v) is 16.6. The molecule has 27 heavy (non-hydrogen) atoms. The van der Waals surface area contributed by atoms with Crippen molar-refractivity contribution < 1.29 is 0 Å². The second-order valence-corrected chi connectivity index (χ2v) is 8.97. The summed E-state index contributed by atoms with van der Waals surface area (Å²) >= 11 is 0. The molecule has 6 heteroatoms. The van der Waals surface area contributed by atoms with Crippen LogP contribution in [-0.4, -0.2) is 32.8 Å². The van der Waals surface area contributed by atoms with Gasteiger partial charge in [-0.15, -0.1) is 0 Å². The van der Waals surface area contributed by atoms with Gasteiger partial charge in [-0.3, -0.25) is 4.79 Å². The minimum Gasteiger partial charge on any atom is -0.356 e. The van der Waals surface area contributed by atoms with E-state index in [1.807, 2.05) is 18.3 Å². The van der Waals surface area contributed by atoms with Crippen molar-refractivity contribution in [1.82, 2.24) is 19.7 Å². The van der Waals surface area contributed by atoms with Crippen LogP contribution in [0.3, 0.4) is 0 Å². The van der Waals surface area contributed by atoms with E-state index in [-0.39, 0.29) is 11.0 Å². The molecule has 1 aliphatic heterocycles. The monoisotopic (exact) mass is 367 g/mol. The van der Waals surface area contributed by atoms with Crippen LogP contribution in [0.25, 0.3) is 0 Å². The molecule has 3 heterocycles. The van der Waals surface area contributed by atoms with E-state index in [1.165, 1.54) is 12.8 Å². The fourth-order valence-electron chi connectivity index (χ4n) is 3.65. The molecule has 0 spiro atoms. The molecule has 0 aromatic carbocycles. The molecule has 144 valence electrons. The second kappa shape index (κ2) is 7.06. The SMILES string of the molecule is CC(C)(C)c1ccc(=O)n(CC2CCN(c3ccnc(C4CC4)n3)CC2)n1. The molecule has 0 unspecified atom stereocenters. The van der Waals surface area contributed by atoms with Crippen LogP contribution in [0.1, 0.15) is 63.9 Å². The molecule has 6 nitrogen and oxygen atoms in total. The first-order chi connectivity index (χ1) is 12.9. The summed E-state index contributed by atoms with van der Waals surface area (Å²) in [5.74, 6) is 3.11. The third-order valence-electron chi connectivity index (χ3n) is 5.61. The lowest BCUT2D eigenvalue weighted by atomic mass is 9.92. The first-order valence-corrected chi connectivity index (χ1v) is 10.1. The maximum Gasteiger partial charge on any atom is 0.266 e. The number of piperidine rings is 1. The van der Waals surface area contributed by atoms with Crippen LogP contribution in [-0.2, 0) is 12.0 Å². The third kappa shape index (κ3) is 4.20. The van der Waals surface area contributed by atoms with Gasteiger partial charge in [-0.1, -0.05) is 20.8 Å². The minimum atomic E-state index is -0.0505. The van der Waals surface area contributed by atoms with Gasteiger partial charge in [0.1, 0.15) is 11.6 Å². The number of anilines is 1. The lowest BCUT2D eigenvalue weighted by Crippen LogP contribution is -2.37. The third-order valence-corrected chi connectivity index (χ3v) is 5.61. The van der Waals surface area contributed by atoms with Crippen LogP contribution in [0.15, 0.2) is 29.2 Å². The molecular weight excluding hydrogens is 338 g/mol. The van der Waals surface area contributed by atoms with Gasteiger partial charge in [0.15, 0.2) is 0 Å². The number of nitrogens with zero attached hydrogens (tertiary/aromatic N) is 5. The molecule has 1 saturated heterocycles. The summed E-state index contributed by atoms with van der Waals surface area (Å²) in [7, 11) is 0. The van der Waals surface area contributed by atoms with Gasteiger partial charge in [0.2, 0.25) is 0 Å². The lowest BCUT2D eigenvalue weighted by Gasteiger charge is -2.33. The Kier molecular flexibility index (Phi) is 4.74. The van der Waals surface area contributed by atoms with Crippen LogP contribution >= 0.6 is 0 Å². The van der Waals surface area contributed by atoms with Crippen molar-refractivity contribution >= 4 is 5.82 Å². The first kappa shape index (κ1) is 18.1. The van der Waals surface area contributed by atoms with Gasteiger partial charge < -0.3 is 4.90 Å². The van der Waals surface area contributed by atoms with E-state index in [9.17, 15) is 4.79 Å². The summed E-state index contributed by atoms with van der Waals surface area (Å²) < 4.78 is 1.66. The molecule has 2 aromatic rings. The molecule has 4 rings (SSSR count). The van der Waals surface area contributed by atoms with E-state index in [2.05, 4.69) is 35.8 Å². The zero-order chi connectivity index (χ0) is 19.0. The Balaban J connectivity index is 1.40.